The van der Waals surface area contributed by atoms with Crippen LogP contribution in [0, 0.1) is 11.8 Å². The van der Waals surface area contributed by atoms with Crippen LogP contribution in [0.2, 0.25) is 0 Å². The molecule has 0 aromatic heterocycles. The minimum atomic E-state index is 0.0851. The third-order valence-corrected chi connectivity index (χ3v) is 3.30. The van der Waals surface area contributed by atoms with Crippen LogP contribution in [-0.4, -0.2) is 29.9 Å². The van der Waals surface area contributed by atoms with Crippen LogP contribution in [0.3, 0.4) is 0 Å². The van der Waals surface area contributed by atoms with Crippen molar-refractivity contribution in [2.24, 2.45) is 5.73 Å². The van der Waals surface area contributed by atoms with Crippen LogP contribution >= 0.6 is 0 Å². The van der Waals surface area contributed by atoms with Gasteiger partial charge >= 0.3 is 0 Å². The van der Waals surface area contributed by atoms with E-state index < -0.39 is 0 Å². The summed E-state index contributed by atoms with van der Waals surface area (Å²) >= 11 is 0. The zero-order valence-corrected chi connectivity index (χ0v) is 10.6. The highest BCUT2D eigenvalue weighted by Crippen LogP contribution is 2.20. The minimum Gasteiger partial charge on any atom is -0.336 e. The highest BCUT2D eigenvalue weighted by molar-refractivity contribution is 5.97. The van der Waals surface area contributed by atoms with Crippen molar-refractivity contribution in [3.8, 4) is 11.8 Å². The lowest BCUT2D eigenvalue weighted by atomic mass is 10.1. The van der Waals surface area contributed by atoms with Crippen LogP contribution in [-0.2, 0) is 0 Å². The quantitative estimate of drug-likeness (QED) is 0.761. The molecular weight excluding hydrogens is 224 g/mol. The fraction of sp³-hybridized carbons (Fsp3) is 0.400. The molecule has 0 spiro atoms. The maximum atomic E-state index is 12.5. The normalized spacial score (nSPS) is 18.3. The lowest BCUT2D eigenvalue weighted by molar-refractivity contribution is 0.0747. The van der Waals surface area contributed by atoms with Crippen LogP contribution in [0.25, 0.3) is 0 Å². The summed E-state index contributed by atoms with van der Waals surface area (Å²) in [5, 5.41) is 0. The largest absolute Gasteiger partial charge is 0.336 e. The first-order valence-electron chi connectivity index (χ1n) is 6.33. The van der Waals surface area contributed by atoms with Crippen molar-refractivity contribution in [2.75, 3.05) is 13.1 Å². The van der Waals surface area contributed by atoms with E-state index >= 15 is 0 Å². The molecule has 0 saturated carbocycles. The van der Waals surface area contributed by atoms with Gasteiger partial charge in [0.1, 0.15) is 0 Å². The zero-order chi connectivity index (χ0) is 13.0. The van der Waals surface area contributed by atoms with E-state index in [1.165, 1.54) is 0 Å². The standard InChI is InChI=1S/C15H18N2O/c1-12-6-5-11-17(12)15(18)14-9-3-2-7-13(14)8-4-10-16/h2-3,7,9,12H,5-6,10-11,16H2,1H3. The van der Waals surface area contributed by atoms with Crippen molar-refractivity contribution in [1.29, 1.82) is 0 Å². The second-order valence-corrected chi connectivity index (χ2v) is 4.54. The first-order valence-corrected chi connectivity index (χ1v) is 6.33. The second kappa shape index (κ2) is 5.70. The molecule has 0 radical (unpaired) electrons. The second-order valence-electron chi connectivity index (χ2n) is 4.54. The molecule has 0 bridgehead atoms. The minimum absolute atomic E-state index is 0.0851. The van der Waals surface area contributed by atoms with E-state index in [9.17, 15) is 4.79 Å². The van der Waals surface area contributed by atoms with Crippen molar-refractivity contribution in [1.82, 2.24) is 4.90 Å². The number of nitrogens with zero attached hydrogens (tertiary/aromatic N) is 1. The molecule has 1 heterocycles. The van der Waals surface area contributed by atoms with E-state index in [-0.39, 0.29) is 5.91 Å². The molecule has 1 saturated heterocycles. The molecule has 1 unspecified atom stereocenters. The van der Waals surface area contributed by atoms with Crippen molar-refractivity contribution >= 4 is 5.91 Å². The van der Waals surface area contributed by atoms with Crippen molar-refractivity contribution in [3.05, 3.63) is 35.4 Å². The highest BCUT2D eigenvalue weighted by Gasteiger charge is 2.26. The van der Waals surface area contributed by atoms with Crippen LogP contribution in [0.4, 0.5) is 0 Å². The monoisotopic (exact) mass is 242 g/mol. The predicted octanol–water partition coefficient (Wildman–Crippen LogP) is 1.62. The Morgan fingerprint density at radius 1 is 1.50 bits per heavy atom. The number of carbonyl (C=O) groups is 1. The summed E-state index contributed by atoms with van der Waals surface area (Å²) < 4.78 is 0. The van der Waals surface area contributed by atoms with Crippen molar-refractivity contribution < 1.29 is 4.79 Å². The fourth-order valence-electron chi connectivity index (χ4n) is 2.31. The van der Waals surface area contributed by atoms with E-state index in [2.05, 4.69) is 18.8 Å². The lowest BCUT2D eigenvalue weighted by Crippen LogP contribution is -2.34. The van der Waals surface area contributed by atoms with E-state index in [1.807, 2.05) is 29.2 Å². The van der Waals surface area contributed by atoms with E-state index in [1.54, 1.807) is 0 Å². The Bertz CT molecular complexity index is 499. The van der Waals surface area contributed by atoms with Crippen molar-refractivity contribution in [3.63, 3.8) is 0 Å². The first kappa shape index (κ1) is 12.7. The molecule has 2 rings (SSSR count). The Morgan fingerprint density at radius 3 is 2.94 bits per heavy atom. The van der Waals surface area contributed by atoms with Gasteiger partial charge < -0.3 is 10.6 Å². The Morgan fingerprint density at radius 2 is 2.28 bits per heavy atom. The number of hydrogen-bond donors (Lipinski definition) is 1. The first-order chi connectivity index (χ1) is 8.74. The van der Waals surface area contributed by atoms with Gasteiger partial charge in [0, 0.05) is 18.2 Å². The van der Waals surface area contributed by atoms with Gasteiger partial charge in [0.25, 0.3) is 5.91 Å². The highest BCUT2D eigenvalue weighted by atomic mass is 16.2. The maximum Gasteiger partial charge on any atom is 0.255 e. The van der Waals surface area contributed by atoms with Gasteiger partial charge in [-0.1, -0.05) is 24.0 Å². The lowest BCUT2D eigenvalue weighted by Gasteiger charge is -2.22. The number of amides is 1. The van der Waals surface area contributed by atoms with Gasteiger partial charge in [-0.05, 0) is 31.9 Å². The van der Waals surface area contributed by atoms with Crippen LogP contribution < -0.4 is 5.73 Å². The molecule has 1 aliphatic rings. The number of carbonyl (C=O) groups excluding carboxylic acids is 1. The third-order valence-electron chi connectivity index (χ3n) is 3.30. The summed E-state index contributed by atoms with van der Waals surface area (Å²) in [5.74, 6) is 5.86. The number of rotatable bonds is 1. The van der Waals surface area contributed by atoms with E-state index in [0.717, 1.165) is 24.9 Å². The average molecular weight is 242 g/mol. The van der Waals surface area contributed by atoms with Crippen LogP contribution in [0.15, 0.2) is 24.3 Å². The Labute approximate surface area is 108 Å². The molecule has 1 aliphatic heterocycles. The molecule has 94 valence electrons. The number of hydrogen-bond acceptors (Lipinski definition) is 2. The Hall–Kier alpha value is -1.79. The summed E-state index contributed by atoms with van der Waals surface area (Å²) in [6.45, 7) is 3.25. The van der Waals surface area contributed by atoms with Gasteiger partial charge in [0.2, 0.25) is 0 Å². The number of benzene rings is 1. The molecular formula is C15H18N2O. The molecule has 1 amide bonds. The molecule has 18 heavy (non-hydrogen) atoms. The number of likely N-dealkylation sites (tertiary alicyclic amines) is 1. The van der Waals surface area contributed by atoms with Crippen LogP contribution in [0.1, 0.15) is 35.7 Å². The summed E-state index contributed by atoms with van der Waals surface area (Å²) in [5.41, 5.74) is 6.84. The van der Waals surface area contributed by atoms with Crippen LogP contribution in [0.5, 0.6) is 0 Å². The molecule has 3 heteroatoms. The van der Waals surface area contributed by atoms with Gasteiger partial charge in [0.05, 0.1) is 12.1 Å². The van der Waals surface area contributed by atoms with Crippen molar-refractivity contribution in [2.45, 2.75) is 25.8 Å². The Balaban J connectivity index is 2.30. The number of nitrogens with two attached hydrogens (primary N) is 1. The van der Waals surface area contributed by atoms with E-state index in [0.29, 0.717) is 18.2 Å². The summed E-state index contributed by atoms with van der Waals surface area (Å²) in [6.07, 6.45) is 2.17. The molecule has 1 aromatic carbocycles. The fourth-order valence-corrected chi connectivity index (χ4v) is 2.31. The molecule has 1 aromatic rings. The molecule has 2 N–H and O–H groups in total. The average Bonchev–Trinajstić information content (AvgIpc) is 2.82. The molecule has 1 fully saturated rings. The van der Waals surface area contributed by atoms with Gasteiger partial charge in [-0.25, -0.2) is 0 Å². The SMILES string of the molecule is CC1CCCN1C(=O)c1ccccc1C#CCN. The van der Waals surface area contributed by atoms with Gasteiger partial charge in [-0.15, -0.1) is 0 Å². The third kappa shape index (κ3) is 2.55. The Kier molecular flexibility index (Phi) is 4.01. The summed E-state index contributed by atoms with van der Waals surface area (Å²) in [4.78, 5) is 14.4. The van der Waals surface area contributed by atoms with E-state index in [4.69, 9.17) is 5.73 Å². The van der Waals surface area contributed by atoms with Gasteiger partial charge in [0.15, 0.2) is 0 Å². The topological polar surface area (TPSA) is 46.3 Å². The predicted molar refractivity (Wildman–Crippen MR) is 72.1 cm³/mol. The summed E-state index contributed by atoms with van der Waals surface area (Å²) in [6, 6.07) is 7.81. The zero-order valence-electron chi connectivity index (χ0n) is 10.6. The molecule has 1 atom stereocenters. The summed E-state index contributed by atoms with van der Waals surface area (Å²) in [7, 11) is 0. The van der Waals surface area contributed by atoms with Gasteiger partial charge in [-0.3, -0.25) is 4.79 Å². The maximum absolute atomic E-state index is 12.5. The van der Waals surface area contributed by atoms with Gasteiger partial charge in [-0.2, -0.15) is 0 Å². The molecule has 0 aliphatic carbocycles. The smallest absolute Gasteiger partial charge is 0.255 e. The molecule has 3 nitrogen and oxygen atoms in total.